The van der Waals surface area contributed by atoms with Crippen LogP contribution < -0.4 is 14.4 Å². The van der Waals surface area contributed by atoms with Crippen molar-refractivity contribution in [2.24, 2.45) is 0 Å². The van der Waals surface area contributed by atoms with Crippen LogP contribution in [0.4, 0.5) is 5.69 Å². The Hall–Kier alpha value is -2.53. The van der Waals surface area contributed by atoms with E-state index in [1.807, 2.05) is 56.3 Å². The first-order valence-corrected chi connectivity index (χ1v) is 10.5. The number of benzene rings is 2. The van der Waals surface area contributed by atoms with Crippen LogP contribution >= 0.6 is 0 Å². The summed E-state index contributed by atoms with van der Waals surface area (Å²) in [5.74, 6) is 2.39. The van der Waals surface area contributed by atoms with Gasteiger partial charge in [0, 0.05) is 25.2 Å². The highest BCUT2D eigenvalue weighted by Gasteiger charge is 2.34. The van der Waals surface area contributed by atoms with Gasteiger partial charge in [-0.1, -0.05) is 12.1 Å². The maximum Gasteiger partial charge on any atom is 0.268 e. The highest BCUT2D eigenvalue weighted by molar-refractivity contribution is 5.99. The standard InChI is InChI=1S/C24H30N2O3/c1-17-16-20(8-11-22(17)28-15-14-25(2)3)26-13-12-23(24(26)27)29-21-9-6-19(7-10-21)18-4-5-18/h6-11,16,18,23H,4-5,12-15H2,1-3H3/t23-/m0/s1. The van der Waals surface area contributed by atoms with Crippen LogP contribution in [0.1, 0.15) is 36.3 Å². The molecule has 0 radical (unpaired) electrons. The predicted octanol–water partition coefficient (Wildman–Crippen LogP) is 4.00. The minimum Gasteiger partial charge on any atom is -0.492 e. The molecule has 1 saturated heterocycles. The number of aryl methyl sites for hydroxylation is 1. The Morgan fingerprint density at radius 1 is 1.07 bits per heavy atom. The zero-order chi connectivity index (χ0) is 20.4. The van der Waals surface area contributed by atoms with Gasteiger partial charge < -0.3 is 19.3 Å². The number of ether oxygens (including phenoxy) is 2. The molecule has 2 fully saturated rings. The van der Waals surface area contributed by atoms with Crippen LogP contribution in [-0.4, -0.2) is 50.7 Å². The van der Waals surface area contributed by atoms with Crippen LogP contribution in [0.2, 0.25) is 0 Å². The Morgan fingerprint density at radius 3 is 2.48 bits per heavy atom. The van der Waals surface area contributed by atoms with Crippen molar-refractivity contribution in [1.29, 1.82) is 0 Å². The summed E-state index contributed by atoms with van der Waals surface area (Å²) in [5.41, 5.74) is 3.32. The van der Waals surface area contributed by atoms with Crippen molar-refractivity contribution in [1.82, 2.24) is 4.90 Å². The van der Waals surface area contributed by atoms with E-state index in [1.54, 1.807) is 0 Å². The van der Waals surface area contributed by atoms with Crippen molar-refractivity contribution in [2.75, 3.05) is 38.7 Å². The first-order valence-electron chi connectivity index (χ1n) is 10.5. The third kappa shape index (κ3) is 4.73. The molecule has 5 heteroatoms. The van der Waals surface area contributed by atoms with Gasteiger partial charge in [0.05, 0.1) is 0 Å². The van der Waals surface area contributed by atoms with E-state index in [2.05, 4.69) is 17.0 Å². The Bertz CT molecular complexity index is 859. The largest absolute Gasteiger partial charge is 0.492 e. The summed E-state index contributed by atoms with van der Waals surface area (Å²) < 4.78 is 11.9. The van der Waals surface area contributed by atoms with E-state index in [4.69, 9.17) is 9.47 Å². The van der Waals surface area contributed by atoms with Gasteiger partial charge in [-0.05, 0) is 81.2 Å². The summed E-state index contributed by atoms with van der Waals surface area (Å²) in [6, 6.07) is 14.2. The molecule has 4 rings (SSSR count). The molecule has 29 heavy (non-hydrogen) atoms. The topological polar surface area (TPSA) is 42.0 Å². The van der Waals surface area contributed by atoms with E-state index in [0.29, 0.717) is 19.6 Å². The molecule has 5 nitrogen and oxygen atoms in total. The van der Waals surface area contributed by atoms with Crippen molar-refractivity contribution < 1.29 is 14.3 Å². The molecule has 0 unspecified atom stereocenters. The number of anilines is 1. The number of rotatable bonds is 8. The Balaban J connectivity index is 1.37. The Kier molecular flexibility index (Phi) is 5.76. The third-order valence-electron chi connectivity index (χ3n) is 5.63. The lowest BCUT2D eigenvalue weighted by atomic mass is 10.1. The molecule has 0 N–H and O–H groups in total. The lowest BCUT2D eigenvalue weighted by molar-refractivity contribution is -0.122. The number of amides is 1. The molecule has 0 aromatic heterocycles. The molecule has 2 aromatic carbocycles. The van der Waals surface area contributed by atoms with E-state index in [-0.39, 0.29) is 5.91 Å². The van der Waals surface area contributed by atoms with Crippen LogP contribution in [0, 0.1) is 6.92 Å². The minimum atomic E-state index is -0.418. The molecule has 1 heterocycles. The number of hydrogen-bond donors (Lipinski definition) is 0. The van der Waals surface area contributed by atoms with E-state index in [9.17, 15) is 4.79 Å². The molecule has 1 saturated carbocycles. The molecule has 0 spiro atoms. The molecule has 1 atom stereocenters. The van der Waals surface area contributed by atoms with Gasteiger partial charge >= 0.3 is 0 Å². The second kappa shape index (κ2) is 8.46. The third-order valence-corrected chi connectivity index (χ3v) is 5.63. The molecular weight excluding hydrogens is 364 g/mol. The first kappa shape index (κ1) is 19.8. The smallest absolute Gasteiger partial charge is 0.268 e. The van der Waals surface area contributed by atoms with E-state index in [0.717, 1.165) is 35.2 Å². The van der Waals surface area contributed by atoms with Gasteiger partial charge in [-0.25, -0.2) is 0 Å². The van der Waals surface area contributed by atoms with Crippen molar-refractivity contribution in [3.63, 3.8) is 0 Å². The molecule has 1 aliphatic carbocycles. The van der Waals surface area contributed by atoms with Crippen LogP contribution in [-0.2, 0) is 4.79 Å². The average molecular weight is 395 g/mol. The van der Waals surface area contributed by atoms with Crippen LogP contribution in [0.25, 0.3) is 0 Å². The number of carbonyl (C=O) groups excluding carboxylic acids is 1. The van der Waals surface area contributed by atoms with Crippen LogP contribution in [0.5, 0.6) is 11.5 Å². The summed E-state index contributed by atoms with van der Waals surface area (Å²) in [4.78, 5) is 16.8. The fourth-order valence-electron chi connectivity index (χ4n) is 3.72. The van der Waals surface area contributed by atoms with E-state index in [1.165, 1.54) is 18.4 Å². The molecule has 2 aliphatic rings. The van der Waals surface area contributed by atoms with Gasteiger partial charge in [-0.2, -0.15) is 0 Å². The van der Waals surface area contributed by atoms with Gasteiger partial charge in [0.1, 0.15) is 18.1 Å². The second-order valence-corrected chi connectivity index (χ2v) is 8.33. The number of carbonyl (C=O) groups is 1. The summed E-state index contributed by atoms with van der Waals surface area (Å²) in [6.45, 7) is 4.20. The van der Waals surface area contributed by atoms with Crippen molar-refractivity contribution >= 4 is 11.6 Å². The quantitative estimate of drug-likeness (QED) is 0.679. The van der Waals surface area contributed by atoms with Gasteiger partial charge in [0.25, 0.3) is 5.91 Å². The SMILES string of the molecule is Cc1cc(N2CC[C@H](Oc3ccc(C4CC4)cc3)C2=O)ccc1OCCN(C)C. The molecular formula is C24H30N2O3. The zero-order valence-corrected chi connectivity index (χ0v) is 17.6. The van der Waals surface area contributed by atoms with Crippen LogP contribution in [0.3, 0.4) is 0 Å². The Labute approximate surface area is 173 Å². The van der Waals surface area contributed by atoms with E-state index >= 15 is 0 Å². The van der Waals surface area contributed by atoms with Gasteiger partial charge in [-0.15, -0.1) is 0 Å². The fraction of sp³-hybridized carbons (Fsp3) is 0.458. The van der Waals surface area contributed by atoms with E-state index < -0.39 is 6.10 Å². The predicted molar refractivity (Wildman–Crippen MR) is 115 cm³/mol. The first-order chi connectivity index (χ1) is 14.0. The zero-order valence-electron chi connectivity index (χ0n) is 17.6. The summed E-state index contributed by atoms with van der Waals surface area (Å²) in [7, 11) is 4.05. The van der Waals surface area contributed by atoms with Gasteiger partial charge in [0.2, 0.25) is 0 Å². The highest BCUT2D eigenvalue weighted by Crippen LogP contribution is 2.40. The van der Waals surface area contributed by atoms with Gasteiger partial charge in [-0.3, -0.25) is 4.79 Å². The van der Waals surface area contributed by atoms with Crippen LogP contribution in [0.15, 0.2) is 42.5 Å². The summed E-state index contributed by atoms with van der Waals surface area (Å²) in [5, 5.41) is 0. The fourth-order valence-corrected chi connectivity index (χ4v) is 3.72. The number of hydrogen-bond acceptors (Lipinski definition) is 4. The Morgan fingerprint density at radius 2 is 1.83 bits per heavy atom. The lowest BCUT2D eigenvalue weighted by Crippen LogP contribution is -2.32. The number of nitrogens with zero attached hydrogens (tertiary/aromatic N) is 2. The van der Waals surface area contributed by atoms with Crippen molar-refractivity contribution in [3.8, 4) is 11.5 Å². The maximum absolute atomic E-state index is 12.9. The molecule has 154 valence electrons. The summed E-state index contributed by atoms with van der Waals surface area (Å²) in [6.07, 6.45) is 2.85. The highest BCUT2D eigenvalue weighted by atomic mass is 16.5. The number of likely N-dealkylation sites (N-methyl/N-ethyl adjacent to an activating group) is 1. The van der Waals surface area contributed by atoms with Crippen molar-refractivity contribution in [2.45, 2.75) is 38.2 Å². The van der Waals surface area contributed by atoms with Crippen molar-refractivity contribution in [3.05, 3.63) is 53.6 Å². The normalized spacial score (nSPS) is 19.1. The molecule has 2 aromatic rings. The monoisotopic (exact) mass is 394 g/mol. The van der Waals surface area contributed by atoms with Gasteiger partial charge in [0.15, 0.2) is 6.10 Å². The minimum absolute atomic E-state index is 0.0249. The second-order valence-electron chi connectivity index (χ2n) is 8.33. The molecule has 1 aliphatic heterocycles. The summed E-state index contributed by atoms with van der Waals surface area (Å²) >= 11 is 0. The molecule has 1 amide bonds. The average Bonchev–Trinajstić information content (AvgIpc) is 3.48. The maximum atomic E-state index is 12.9. The molecule has 0 bridgehead atoms. The lowest BCUT2D eigenvalue weighted by Gasteiger charge is -2.19.